The highest BCUT2D eigenvalue weighted by Gasteiger charge is 2.13. The fraction of sp³-hybridized carbons (Fsp3) is 0.0769. The minimum Gasteiger partial charge on any atom is -0.197 e. The van der Waals surface area contributed by atoms with Gasteiger partial charge in [-0.1, -0.05) is 41.9 Å². The zero-order chi connectivity index (χ0) is 11.8. The Morgan fingerprint density at radius 3 is 2.65 bits per heavy atom. The number of nitrogens with zero attached hydrogens (tertiary/aromatic N) is 2. The van der Waals surface area contributed by atoms with Gasteiger partial charge in [-0.25, -0.2) is 0 Å². The Kier molecular flexibility index (Phi) is 2.34. The van der Waals surface area contributed by atoms with Crippen LogP contribution in [-0.4, -0.2) is 15.4 Å². The van der Waals surface area contributed by atoms with E-state index in [-0.39, 0.29) is 0 Å². The van der Waals surface area contributed by atoms with Crippen molar-refractivity contribution in [3.63, 3.8) is 0 Å². The lowest BCUT2D eigenvalue weighted by Gasteiger charge is -2.07. The molecule has 0 bridgehead atoms. The van der Waals surface area contributed by atoms with E-state index in [2.05, 4.69) is 15.4 Å². The van der Waals surface area contributed by atoms with Crippen LogP contribution >= 0.6 is 11.6 Å². The molecule has 84 valence electrons. The Hall–Kier alpha value is -1.87. The summed E-state index contributed by atoms with van der Waals surface area (Å²) in [5.41, 5.74) is 4.65. The zero-order valence-corrected chi connectivity index (χ0v) is 9.99. The van der Waals surface area contributed by atoms with Gasteiger partial charge >= 0.3 is 0 Å². The molecule has 0 saturated carbocycles. The topological polar surface area (TPSA) is 41.6 Å². The number of hydrogen-bond donors (Lipinski definition) is 1. The molecule has 0 spiro atoms. The quantitative estimate of drug-likeness (QED) is 0.710. The molecule has 0 aliphatic rings. The summed E-state index contributed by atoms with van der Waals surface area (Å²) in [5.74, 6) is 0. The summed E-state index contributed by atoms with van der Waals surface area (Å²) in [7, 11) is 0. The molecule has 0 unspecified atom stereocenters. The standard InChI is InChI=1S/C13H10ClN3/c1-8-7-10-13(16-17-15-10)11(12(8)14)9-5-3-2-4-6-9/h2-7H,1H3,(H,15,16,17). The second kappa shape index (κ2) is 3.86. The van der Waals surface area contributed by atoms with Crippen LogP contribution in [0.15, 0.2) is 36.4 Å². The number of rotatable bonds is 1. The lowest BCUT2D eigenvalue weighted by Crippen LogP contribution is -1.86. The van der Waals surface area contributed by atoms with Crippen molar-refractivity contribution in [3.8, 4) is 11.1 Å². The average molecular weight is 244 g/mol. The molecule has 4 heteroatoms. The van der Waals surface area contributed by atoms with Crippen LogP contribution in [0, 0.1) is 6.92 Å². The van der Waals surface area contributed by atoms with E-state index >= 15 is 0 Å². The largest absolute Gasteiger partial charge is 0.197 e. The highest BCUT2D eigenvalue weighted by atomic mass is 35.5. The first-order valence-electron chi connectivity index (χ1n) is 5.32. The Balaban J connectivity index is 2.42. The minimum atomic E-state index is 0.734. The molecule has 0 atom stereocenters. The van der Waals surface area contributed by atoms with Crippen LogP contribution in [0.5, 0.6) is 0 Å². The van der Waals surface area contributed by atoms with E-state index in [1.54, 1.807) is 0 Å². The predicted molar refractivity (Wildman–Crippen MR) is 69.1 cm³/mol. The Morgan fingerprint density at radius 1 is 1.12 bits per heavy atom. The Labute approximate surface area is 103 Å². The number of nitrogens with one attached hydrogen (secondary N) is 1. The fourth-order valence-corrected chi connectivity index (χ4v) is 2.21. The maximum Gasteiger partial charge on any atom is 0.122 e. The van der Waals surface area contributed by atoms with Gasteiger partial charge in [-0.3, -0.25) is 0 Å². The van der Waals surface area contributed by atoms with Gasteiger partial charge in [-0.2, -0.15) is 15.4 Å². The van der Waals surface area contributed by atoms with E-state index in [0.29, 0.717) is 0 Å². The highest BCUT2D eigenvalue weighted by molar-refractivity contribution is 6.35. The molecule has 1 N–H and O–H groups in total. The molecule has 17 heavy (non-hydrogen) atoms. The average Bonchev–Trinajstić information content (AvgIpc) is 2.79. The maximum atomic E-state index is 6.38. The molecular formula is C13H10ClN3. The summed E-state index contributed by atoms with van der Waals surface area (Å²) in [6, 6.07) is 11.9. The van der Waals surface area contributed by atoms with Crippen molar-refractivity contribution in [1.29, 1.82) is 0 Å². The van der Waals surface area contributed by atoms with Crippen molar-refractivity contribution < 1.29 is 0 Å². The van der Waals surface area contributed by atoms with Gasteiger partial charge in [-0.05, 0) is 24.1 Å². The number of aromatic nitrogens is 3. The van der Waals surface area contributed by atoms with Gasteiger partial charge in [0.2, 0.25) is 0 Å². The van der Waals surface area contributed by atoms with Crippen molar-refractivity contribution in [2.75, 3.05) is 0 Å². The minimum absolute atomic E-state index is 0.734. The lowest BCUT2D eigenvalue weighted by atomic mass is 10.0. The number of hydrogen-bond acceptors (Lipinski definition) is 2. The third kappa shape index (κ3) is 1.59. The Morgan fingerprint density at radius 2 is 1.88 bits per heavy atom. The van der Waals surface area contributed by atoms with Crippen LogP contribution in [0.3, 0.4) is 0 Å². The summed E-state index contributed by atoms with van der Waals surface area (Å²) in [6.07, 6.45) is 0. The number of fused-ring (bicyclic) bond motifs is 1. The van der Waals surface area contributed by atoms with Gasteiger partial charge in [0.15, 0.2) is 0 Å². The molecule has 3 nitrogen and oxygen atoms in total. The first-order chi connectivity index (χ1) is 8.27. The molecule has 0 radical (unpaired) electrons. The SMILES string of the molecule is Cc1cc2n[nH]nc2c(-c2ccccc2)c1Cl. The van der Waals surface area contributed by atoms with Crippen LogP contribution in [0.25, 0.3) is 22.2 Å². The summed E-state index contributed by atoms with van der Waals surface area (Å²) < 4.78 is 0. The monoisotopic (exact) mass is 243 g/mol. The van der Waals surface area contributed by atoms with Crippen molar-refractivity contribution in [2.24, 2.45) is 0 Å². The molecule has 0 aliphatic carbocycles. The van der Waals surface area contributed by atoms with Gasteiger partial charge in [-0.15, -0.1) is 0 Å². The molecule has 1 aromatic heterocycles. The Bertz CT molecular complexity index is 674. The highest BCUT2D eigenvalue weighted by Crippen LogP contribution is 2.35. The van der Waals surface area contributed by atoms with E-state index < -0.39 is 0 Å². The smallest absolute Gasteiger partial charge is 0.122 e. The second-order valence-corrected chi connectivity index (χ2v) is 4.32. The van der Waals surface area contributed by atoms with Crippen LogP contribution < -0.4 is 0 Å². The summed E-state index contributed by atoms with van der Waals surface area (Å²) in [4.78, 5) is 0. The van der Waals surface area contributed by atoms with Crippen molar-refractivity contribution in [3.05, 3.63) is 47.0 Å². The van der Waals surface area contributed by atoms with Crippen LogP contribution in [0.2, 0.25) is 5.02 Å². The molecule has 1 heterocycles. The van der Waals surface area contributed by atoms with Gasteiger partial charge < -0.3 is 0 Å². The number of H-pyrrole nitrogens is 1. The number of benzene rings is 2. The third-order valence-corrected chi connectivity index (χ3v) is 3.28. The summed E-state index contributed by atoms with van der Waals surface area (Å²) in [5, 5.41) is 11.7. The first-order valence-corrected chi connectivity index (χ1v) is 5.70. The van der Waals surface area contributed by atoms with Gasteiger partial charge in [0.25, 0.3) is 0 Å². The van der Waals surface area contributed by atoms with Gasteiger partial charge in [0, 0.05) is 5.56 Å². The normalized spacial score (nSPS) is 10.9. The fourth-order valence-electron chi connectivity index (χ4n) is 1.96. The van der Waals surface area contributed by atoms with E-state index in [4.69, 9.17) is 11.6 Å². The second-order valence-electron chi connectivity index (χ2n) is 3.94. The maximum absolute atomic E-state index is 6.38. The molecule has 2 aromatic carbocycles. The number of aryl methyl sites for hydroxylation is 1. The summed E-state index contributed by atoms with van der Waals surface area (Å²) in [6.45, 7) is 1.98. The first kappa shape index (κ1) is 10.3. The van der Waals surface area contributed by atoms with Gasteiger partial charge in [0.05, 0.1) is 5.02 Å². The third-order valence-electron chi connectivity index (χ3n) is 2.79. The van der Waals surface area contributed by atoms with E-state index in [0.717, 1.165) is 32.7 Å². The molecular weight excluding hydrogens is 234 g/mol. The van der Waals surface area contributed by atoms with Crippen molar-refractivity contribution >= 4 is 22.6 Å². The molecule has 0 saturated heterocycles. The molecule has 0 amide bonds. The molecule has 3 rings (SSSR count). The molecule has 3 aromatic rings. The van der Waals surface area contributed by atoms with Gasteiger partial charge in [0.1, 0.15) is 11.0 Å². The van der Waals surface area contributed by atoms with Crippen LogP contribution in [0.4, 0.5) is 0 Å². The zero-order valence-electron chi connectivity index (χ0n) is 9.24. The van der Waals surface area contributed by atoms with Crippen molar-refractivity contribution in [2.45, 2.75) is 6.92 Å². The van der Waals surface area contributed by atoms with Crippen LogP contribution in [-0.2, 0) is 0 Å². The predicted octanol–water partition coefficient (Wildman–Crippen LogP) is 3.59. The molecule has 0 aliphatic heterocycles. The summed E-state index contributed by atoms with van der Waals surface area (Å²) >= 11 is 6.38. The number of halogens is 1. The number of aromatic amines is 1. The van der Waals surface area contributed by atoms with E-state index in [9.17, 15) is 0 Å². The van der Waals surface area contributed by atoms with E-state index in [1.807, 2.05) is 43.3 Å². The van der Waals surface area contributed by atoms with E-state index in [1.165, 1.54) is 0 Å². The van der Waals surface area contributed by atoms with Crippen LogP contribution in [0.1, 0.15) is 5.56 Å². The van der Waals surface area contributed by atoms with Crippen molar-refractivity contribution in [1.82, 2.24) is 15.4 Å². The molecule has 0 fully saturated rings. The lowest BCUT2D eigenvalue weighted by molar-refractivity contribution is 0.959.